The standard InChI is InChI=1S/C30H32ClN5O8/c31-19-6-9-22-21(12-19)30(44-28(42)34-22)10-1-11-35(16-30)26(39)23(13-24(37)36-14-29(43,15-36)18-4-5-18)33-25(38)17-2-7-20(8-3-17)32-27(40)41/h2-3,6-9,12,18,23,32,43H,1,4-5,10-11,13-16H2,(H,33,38)(H,34,42)(H,40,41)/t23-,30-/m0/s1. The van der Waals surface area contributed by atoms with E-state index in [1.54, 1.807) is 18.2 Å². The molecule has 0 bridgehead atoms. The number of carbonyl (C=O) groups excluding carboxylic acids is 4. The first-order chi connectivity index (χ1) is 20.9. The Labute approximate surface area is 257 Å². The lowest BCUT2D eigenvalue weighted by molar-refractivity contribution is -0.161. The molecule has 44 heavy (non-hydrogen) atoms. The number of hydrogen-bond donors (Lipinski definition) is 5. The molecule has 2 aromatic carbocycles. The minimum Gasteiger partial charge on any atom is -0.465 e. The average molecular weight is 626 g/mol. The predicted molar refractivity (Wildman–Crippen MR) is 157 cm³/mol. The van der Waals surface area contributed by atoms with E-state index in [4.69, 9.17) is 21.4 Å². The topological polar surface area (TPSA) is 178 Å². The van der Waals surface area contributed by atoms with Crippen LogP contribution in [-0.2, 0) is 19.9 Å². The van der Waals surface area contributed by atoms with Gasteiger partial charge in [0.05, 0.1) is 31.7 Å². The molecule has 4 aliphatic rings. The van der Waals surface area contributed by atoms with E-state index in [9.17, 15) is 29.1 Å². The maximum atomic E-state index is 14.1. The molecule has 6 rings (SSSR count). The summed E-state index contributed by atoms with van der Waals surface area (Å²) in [5.74, 6) is -1.36. The smallest absolute Gasteiger partial charge is 0.412 e. The molecule has 3 aliphatic heterocycles. The van der Waals surface area contributed by atoms with E-state index in [1.807, 2.05) is 0 Å². The number of carboxylic acid groups (broad SMARTS) is 1. The van der Waals surface area contributed by atoms with E-state index >= 15 is 0 Å². The van der Waals surface area contributed by atoms with E-state index in [0.717, 1.165) is 12.8 Å². The van der Waals surface area contributed by atoms with Crippen molar-refractivity contribution in [3.8, 4) is 0 Å². The number of halogens is 1. The van der Waals surface area contributed by atoms with E-state index in [0.29, 0.717) is 35.7 Å². The number of aliphatic hydroxyl groups is 1. The van der Waals surface area contributed by atoms with Crippen LogP contribution < -0.4 is 16.0 Å². The Kier molecular flexibility index (Phi) is 7.62. The summed E-state index contributed by atoms with van der Waals surface area (Å²) in [5, 5.41) is 27.6. The number of hydrogen-bond acceptors (Lipinski definition) is 7. The summed E-state index contributed by atoms with van der Waals surface area (Å²) >= 11 is 6.28. The molecule has 5 N–H and O–H groups in total. The lowest BCUT2D eigenvalue weighted by Gasteiger charge is -2.47. The Morgan fingerprint density at radius 2 is 1.80 bits per heavy atom. The highest BCUT2D eigenvalue weighted by atomic mass is 35.5. The Morgan fingerprint density at radius 3 is 2.48 bits per heavy atom. The molecule has 2 saturated heterocycles. The third-order valence-corrected chi connectivity index (χ3v) is 9.00. The molecule has 2 aromatic rings. The highest BCUT2D eigenvalue weighted by molar-refractivity contribution is 6.30. The molecule has 3 fully saturated rings. The second-order valence-corrected chi connectivity index (χ2v) is 12.4. The highest BCUT2D eigenvalue weighted by Gasteiger charge is 2.54. The number of piperidine rings is 1. The van der Waals surface area contributed by atoms with Crippen molar-refractivity contribution >= 4 is 52.9 Å². The van der Waals surface area contributed by atoms with Crippen LogP contribution in [0.2, 0.25) is 5.02 Å². The summed E-state index contributed by atoms with van der Waals surface area (Å²) in [4.78, 5) is 67.0. The van der Waals surface area contributed by atoms with Gasteiger partial charge in [0.2, 0.25) is 11.8 Å². The van der Waals surface area contributed by atoms with Crippen LogP contribution in [-0.4, -0.2) is 87.7 Å². The molecule has 0 unspecified atom stereocenters. The Hall–Kier alpha value is -4.36. The van der Waals surface area contributed by atoms with Crippen molar-refractivity contribution in [1.82, 2.24) is 15.1 Å². The third-order valence-electron chi connectivity index (χ3n) is 8.76. The Bertz CT molecular complexity index is 1520. The summed E-state index contributed by atoms with van der Waals surface area (Å²) in [6, 6.07) is 9.38. The van der Waals surface area contributed by atoms with Crippen molar-refractivity contribution in [1.29, 1.82) is 0 Å². The van der Waals surface area contributed by atoms with Gasteiger partial charge < -0.3 is 30.1 Å². The van der Waals surface area contributed by atoms with Gasteiger partial charge in [-0.25, -0.2) is 9.59 Å². The van der Waals surface area contributed by atoms with Crippen LogP contribution in [0.25, 0.3) is 0 Å². The fourth-order valence-corrected chi connectivity index (χ4v) is 6.52. The zero-order chi connectivity index (χ0) is 31.2. The number of fused-ring (bicyclic) bond motifs is 2. The Morgan fingerprint density at radius 1 is 1.07 bits per heavy atom. The number of β-amino-alcohol motifs (C(OH)–C–C–N with tert-alkyl or cyclic N) is 1. The van der Waals surface area contributed by atoms with Crippen molar-refractivity contribution in [3.05, 3.63) is 58.6 Å². The first-order valence-corrected chi connectivity index (χ1v) is 14.8. The Balaban J connectivity index is 1.22. The van der Waals surface area contributed by atoms with Gasteiger partial charge in [0.15, 0.2) is 5.60 Å². The van der Waals surface area contributed by atoms with Gasteiger partial charge in [-0.05, 0) is 74.1 Å². The van der Waals surface area contributed by atoms with Crippen LogP contribution in [0.3, 0.4) is 0 Å². The minimum atomic E-state index is -1.26. The fourth-order valence-electron chi connectivity index (χ4n) is 6.35. The van der Waals surface area contributed by atoms with Crippen LogP contribution >= 0.6 is 11.6 Å². The molecule has 5 amide bonds. The molecular formula is C30H32ClN5O8. The van der Waals surface area contributed by atoms with Crippen LogP contribution in [0.15, 0.2) is 42.5 Å². The number of ether oxygens (including phenoxy) is 1. The first kappa shape index (κ1) is 29.7. The molecule has 3 heterocycles. The van der Waals surface area contributed by atoms with E-state index in [-0.39, 0.29) is 49.1 Å². The normalized spacial score (nSPS) is 22.5. The fraction of sp³-hybridized carbons (Fsp3) is 0.433. The summed E-state index contributed by atoms with van der Waals surface area (Å²) in [5.41, 5.74) is -0.495. The summed E-state index contributed by atoms with van der Waals surface area (Å²) in [7, 11) is 0. The molecule has 232 valence electrons. The molecular weight excluding hydrogens is 594 g/mol. The van der Waals surface area contributed by atoms with Gasteiger partial charge in [-0.15, -0.1) is 0 Å². The SMILES string of the molecule is O=C(O)Nc1ccc(C(=O)N[C@@H](CC(=O)N2CC(O)(C3CC3)C2)C(=O)N2CCC[C@@]3(C2)OC(=O)Nc2ccc(Cl)cc23)cc1. The average Bonchev–Trinajstić information content (AvgIpc) is 3.81. The number of amides is 5. The van der Waals surface area contributed by atoms with Gasteiger partial charge in [0.25, 0.3) is 5.91 Å². The third kappa shape index (κ3) is 5.89. The minimum absolute atomic E-state index is 0.00609. The molecule has 2 atom stereocenters. The number of nitrogens with zero attached hydrogens (tertiary/aromatic N) is 2. The van der Waals surface area contributed by atoms with Gasteiger partial charge in [-0.1, -0.05) is 11.6 Å². The molecule has 0 aromatic heterocycles. The zero-order valence-corrected chi connectivity index (χ0v) is 24.4. The zero-order valence-electron chi connectivity index (χ0n) is 23.7. The number of rotatable bonds is 7. The van der Waals surface area contributed by atoms with Gasteiger partial charge in [-0.2, -0.15) is 0 Å². The van der Waals surface area contributed by atoms with Crippen LogP contribution in [0, 0.1) is 5.92 Å². The number of anilines is 2. The predicted octanol–water partition coefficient (Wildman–Crippen LogP) is 2.98. The van der Waals surface area contributed by atoms with Gasteiger partial charge >= 0.3 is 12.2 Å². The van der Waals surface area contributed by atoms with E-state index in [1.165, 1.54) is 34.1 Å². The van der Waals surface area contributed by atoms with Crippen molar-refractivity contribution in [3.63, 3.8) is 0 Å². The van der Waals surface area contributed by atoms with E-state index in [2.05, 4.69) is 16.0 Å². The van der Waals surface area contributed by atoms with Gasteiger partial charge in [-0.3, -0.25) is 25.0 Å². The number of nitrogens with one attached hydrogen (secondary N) is 3. The molecule has 13 nitrogen and oxygen atoms in total. The molecule has 1 aliphatic carbocycles. The quantitative estimate of drug-likeness (QED) is 0.312. The van der Waals surface area contributed by atoms with Crippen molar-refractivity contribution < 1.29 is 38.9 Å². The second kappa shape index (κ2) is 11.3. The molecule has 1 saturated carbocycles. The summed E-state index contributed by atoms with van der Waals surface area (Å²) < 4.78 is 5.80. The van der Waals surface area contributed by atoms with Crippen molar-refractivity contribution in [2.75, 3.05) is 36.8 Å². The summed E-state index contributed by atoms with van der Waals surface area (Å²) in [6.07, 6.45) is 0.515. The largest absolute Gasteiger partial charge is 0.465 e. The molecule has 0 radical (unpaired) electrons. The number of benzene rings is 2. The number of likely N-dealkylation sites (tertiary alicyclic amines) is 2. The van der Waals surface area contributed by atoms with Crippen LogP contribution in [0.4, 0.5) is 21.0 Å². The molecule has 14 heteroatoms. The maximum Gasteiger partial charge on any atom is 0.412 e. The number of carbonyl (C=O) groups is 5. The monoisotopic (exact) mass is 625 g/mol. The maximum absolute atomic E-state index is 14.1. The first-order valence-electron chi connectivity index (χ1n) is 14.4. The highest BCUT2D eigenvalue weighted by Crippen LogP contribution is 2.45. The van der Waals surface area contributed by atoms with E-state index < -0.39 is 41.2 Å². The second-order valence-electron chi connectivity index (χ2n) is 11.9. The summed E-state index contributed by atoms with van der Waals surface area (Å²) in [6.45, 7) is 0.657. The van der Waals surface area contributed by atoms with Crippen LogP contribution in [0.1, 0.15) is 48.0 Å². The van der Waals surface area contributed by atoms with Gasteiger partial charge in [0, 0.05) is 28.4 Å². The molecule has 1 spiro atoms. The van der Waals surface area contributed by atoms with Crippen molar-refractivity contribution in [2.45, 2.75) is 49.3 Å². The van der Waals surface area contributed by atoms with Crippen molar-refractivity contribution in [2.24, 2.45) is 5.92 Å². The van der Waals surface area contributed by atoms with Crippen LogP contribution in [0.5, 0.6) is 0 Å². The lowest BCUT2D eigenvalue weighted by Crippen LogP contribution is -2.65. The van der Waals surface area contributed by atoms with Gasteiger partial charge in [0.1, 0.15) is 11.6 Å². The lowest BCUT2D eigenvalue weighted by atomic mass is 9.83.